The molecule has 0 aromatic heterocycles. The number of rotatable bonds is 12. The second-order valence-corrected chi connectivity index (χ2v) is 11.9. The highest BCUT2D eigenvalue weighted by molar-refractivity contribution is 5.28. The molecule has 0 atom stereocenters. The van der Waals surface area contributed by atoms with Crippen LogP contribution in [0.1, 0.15) is 107 Å². The first-order valence-corrected chi connectivity index (χ1v) is 15.2. The van der Waals surface area contributed by atoms with Crippen LogP contribution in [0.4, 0.5) is 22.0 Å². The zero-order chi connectivity index (χ0) is 28.5. The van der Waals surface area contributed by atoms with Crippen molar-refractivity contribution in [2.75, 3.05) is 0 Å². The summed E-state index contributed by atoms with van der Waals surface area (Å²) in [6.07, 6.45) is 13.9. The molecule has 6 heteroatoms. The van der Waals surface area contributed by atoms with E-state index in [1.54, 1.807) is 6.07 Å². The second-order valence-electron chi connectivity index (χ2n) is 11.9. The third-order valence-electron chi connectivity index (χ3n) is 8.89. The lowest BCUT2D eigenvalue weighted by atomic mass is 9.77. The van der Waals surface area contributed by atoms with Crippen LogP contribution in [0.25, 0.3) is 0 Å². The number of unbranched alkanes of at least 4 members (excludes halogenated alkanes) is 4. The van der Waals surface area contributed by atoms with Gasteiger partial charge in [-0.1, -0.05) is 56.9 Å². The zero-order valence-corrected chi connectivity index (χ0v) is 23.6. The summed E-state index contributed by atoms with van der Waals surface area (Å²) in [6, 6.07) is 8.32. The molecule has 1 nitrogen and oxygen atoms in total. The molecule has 2 aliphatic carbocycles. The van der Waals surface area contributed by atoms with Gasteiger partial charge in [0, 0.05) is 6.07 Å². The van der Waals surface area contributed by atoms with Crippen molar-refractivity contribution in [1.29, 1.82) is 0 Å². The molecule has 0 aliphatic heterocycles. The first-order chi connectivity index (χ1) is 19.2. The first kappa shape index (κ1) is 30.6. The molecule has 0 bridgehead atoms. The van der Waals surface area contributed by atoms with Gasteiger partial charge in [-0.25, -0.2) is 13.2 Å². The fourth-order valence-corrected chi connectivity index (χ4v) is 6.36. The summed E-state index contributed by atoms with van der Waals surface area (Å²) in [7, 11) is 0. The summed E-state index contributed by atoms with van der Waals surface area (Å²) in [4.78, 5) is 0. The zero-order valence-electron chi connectivity index (χ0n) is 23.6. The van der Waals surface area contributed by atoms with Crippen molar-refractivity contribution in [2.45, 2.75) is 109 Å². The van der Waals surface area contributed by atoms with Gasteiger partial charge in [0.1, 0.15) is 11.6 Å². The lowest BCUT2D eigenvalue weighted by Gasteiger charge is -2.32. The van der Waals surface area contributed by atoms with Gasteiger partial charge in [0.2, 0.25) is 0 Å². The van der Waals surface area contributed by atoms with Gasteiger partial charge in [-0.05, 0) is 111 Å². The average molecular weight is 563 g/mol. The quantitative estimate of drug-likeness (QED) is 0.142. The highest BCUT2D eigenvalue weighted by atomic mass is 19.3. The normalized spacial score (nSPS) is 23.9. The summed E-state index contributed by atoms with van der Waals surface area (Å²) < 4.78 is 75.5. The van der Waals surface area contributed by atoms with Crippen LogP contribution in [0.5, 0.6) is 5.75 Å². The van der Waals surface area contributed by atoms with Crippen molar-refractivity contribution in [3.05, 3.63) is 77.1 Å². The third kappa shape index (κ3) is 8.57. The van der Waals surface area contributed by atoms with E-state index in [9.17, 15) is 22.0 Å². The number of hydrogen-bond donors (Lipinski definition) is 0. The topological polar surface area (TPSA) is 9.23 Å². The number of halogens is 5. The van der Waals surface area contributed by atoms with Crippen molar-refractivity contribution < 1.29 is 26.7 Å². The smallest absolute Gasteiger partial charge is 0.400 e. The van der Waals surface area contributed by atoms with Gasteiger partial charge in [0.05, 0.1) is 5.92 Å². The van der Waals surface area contributed by atoms with Crippen molar-refractivity contribution in [2.24, 2.45) is 17.8 Å². The molecule has 2 saturated carbocycles. The Morgan fingerprint density at radius 3 is 2.00 bits per heavy atom. The number of ether oxygens (including phenoxy) is 1. The summed E-state index contributed by atoms with van der Waals surface area (Å²) in [6.45, 7) is 2.21. The van der Waals surface area contributed by atoms with Gasteiger partial charge < -0.3 is 4.74 Å². The molecule has 2 aromatic rings. The molecule has 0 radical (unpaired) electrons. The molecule has 0 saturated heterocycles. The lowest BCUT2D eigenvalue weighted by molar-refractivity contribution is -0.223. The molecule has 0 heterocycles. The van der Waals surface area contributed by atoms with Crippen LogP contribution in [0.15, 0.2) is 48.6 Å². The van der Waals surface area contributed by atoms with Gasteiger partial charge in [0.15, 0.2) is 11.6 Å². The molecule has 2 aliphatic rings. The molecule has 0 N–H and O–H groups in total. The van der Waals surface area contributed by atoms with Crippen LogP contribution in [0.3, 0.4) is 0 Å². The predicted octanol–water partition coefficient (Wildman–Crippen LogP) is 10.9. The Morgan fingerprint density at radius 1 is 0.725 bits per heavy atom. The maximum atomic E-state index is 14.9. The fourth-order valence-electron chi connectivity index (χ4n) is 6.36. The number of aryl methyl sites for hydroxylation is 1. The van der Waals surface area contributed by atoms with Gasteiger partial charge in [-0.2, -0.15) is 8.78 Å². The van der Waals surface area contributed by atoms with Gasteiger partial charge in [-0.3, -0.25) is 0 Å². The molecule has 220 valence electrons. The Morgan fingerprint density at radius 2 is 1.38 bits per heavy atom. The maximum Gasteiger partial charge on any atom is 0.400 e. The van der Waals surface area contributed by atoms with E-state index < -0.39 is 23.7 Å². The van der Waals surface area contributed by atoms with Crippen molar-refractivity contribution in [3.63, 3.8) is 0 Å². The van der Waals surface area contributed by atoms with Crippen LogP contribution in [-0.2, 0) is 6.42 Å². The molecular formula is C34H43F5O. The van der Waals surface area contributed by atoms with E-state index in [-0.39, 0.29) is 23.4 Å². The summed E-state index contributed by atoms with van der Waals surface area (Å²) in [5.41, 5.74) is 1.94. The van der Waals surface area contributed by atoms with Crippen LogP contribution < -0.4 is 4.74 Å². The lowest BCUT2D eigenvalue weighted by Crippen LogP contribution is -2.37. The van der Waals surface area contributed by atoms with Crippen molar-refractivity contribution in [3.8, 4) is 5.75 Å². The summed E-state index contributed by atoms with van der Waals surface area (Å²) in [5, 5.41) is 0. The fraction of sp³-hybridized carbons (Fsp3) is 0.588. The van der Waals surface area contributed by atoms with Crippen LogP contribution in [0, 0.1) is 35.2 Å². The highest BCUT2D eigenvalue weighted by Crippen LogP contribution is 2.42. The van der Waals surface area contributed by atoms with Crippen molar-refractivity contribution in [1.82, 2.24) is 0 Å². The number of allylic oxidation sites excluding steroid dienone is 2. The third-order valence-corrected chi connectivity index (χ3v) is 8.89. The van der Waals surface area contributed by atoms with E-state index >= 15 is 0 Å². The van der Waals surface area contributed by atoms with Gasteiger partial charge in [0.25, 0.3) is 0 Å². The number of alkyl halides is 2. The van der Waals surface area contributed by atoms with Gasteiger partial charge in [-0.15, -0.1) is 0 Å². The van der Waals surface area contributed by atoms with E-state index in [1.807, 2.05) is 6.07 Å². The molecule has 4 rings (SSSR count). The van der Waals surface area contributed by atoms with E-state index in [1.165, 1.54) is 25.7 Å². The SMILES string of the molecule is CCCCCCCc1ccc(C2CCC(/C=C/C3CCC(C(F)(F)Oc4ccc(F)c(F)c4)CC3)CC2)c(F)c1. The highest BCUT2D eigenvalue weighted by Gasteiger charge is 2.43. The first-order valence-electron chi connectivity index (χ1n) is 15.2. The Hall–Kier alpha value is -2.37. The van der Waals surface area contributed by atoms with E-state index in [4.69, 9.17) is 4.74 Å². The number of hydrogen-bond acceptors (Lipinski definition) is 1. The van der Waals surface area contributed by atoms with E-state index in [0.717, 1.165) is 61.8 Å². The molecule has 2 aromatic carbocycles. The Kier molecular flexibility index (Phi) is 11.1. The molecule has 0 amide bonds. The monoisotopic (exact) mass is 562 g/mol. The van der Waals surface area contributed by atoms with Crippen LogP contribution in [-0.4, -0.2) is 6.11 Å². The molecule has 2 fully saturated rings. The molecule has 0 unspecified atom stereocenters. The van der Waals surface area contributed by atoms with E-state index in [0.29, 0.717) is 37.7 Å². The van der Waals surface area contributed by atoms with Crippen molar-refractivity contribution >= 4 is 0 Å². The minimum atomic E-state index is -3.43. The maximum absolute atomic E-state index is 14.9. The van der Waals surface area contributed by atoms with Crippen LogP contribution >= 0.6 is 0 Å². The molecular weight excluding hydrogens is 519 g/mol. The number of benzene rings is 2. The minimum Gasteiger partial charge on any atom is -0.432 e. The Bertz CT molecular complexity index is 1100. The molecule has 0 spiro atoms. The summed E-state index contributed by atoms with van der Waals surface area (Å²) >= 11 is 0. The second kappa shape index (κ2) is 14.5. The van der Waals surface area contributed by atoms with E-state index in [2.05, 4.69) is 25.1 Å². The Labute approximate surface area is 236 Å². The van der Waals surface area contributed by atoms with Crippen LogP contribution in [0.2, 0.25) is 0 Å². The predicted molar refractivity (Wildman–Crippen MR) is 150 cm³/mol. The largest absolute Gasteiger partial charge is 0.432 e. The summed E-state index contributed by atoms with van der Waals surface area (Å²) in [5.74, 6) is -2.73. The average Bonchev–Trinajstić information content (AvgIpc) is 2.94. The standard InChI is InChI=1S/C34H43F5O/c1-2-3-4-5-6-7-26-14-20-30(32(36)22-26)27-15-10-24(11-16-27)8-9-25-12-17-28(18-13-25)34(38,39)40-29-19-21-31(35)33(37)23-29/h8-9,14,19-25,27-28H,2-7,10-13,15-18H2,1H3/b9-8+. The Balaban J connectivity index is 1.19. The molecule has 40 heavy (non-hydrogen) atoms. The van der Waals surface area contributed by atoms with Gasteiger partial charge >= 0.3 is 6.11 Å². The minimum absolute atomic E-state index is 0.0628.